The zero-order valence-corrected chi connectivity index (χ0v) is 9.16. The molecule has 1 unspecified atom stereocenters. The van der Waals surface area contributed by atoms with E-state index in [9.17, 15) is 4.79 Å². The van der Waals surface area contributed by atoms with Gasteiger partial charge in [0.1, 0.15) is 0 Å². The lowest BCUT2D eigenvalue weighted by molar-refractivity contribution is -0.141. The van der Waals surface area contributed by atoms with Crippen LogP contribution in [0.25, 0.3) is 0 Å². The second kappa shape index (κ2) is 5.39. The molecule has 1 atom stereocenters. The average molecular weight is 207 g/mol. The third-order valence-electron chi connectivity index (χ3n) is 2.46. The van der Waals surface area contributed by atoms with Crippen LogP contribution in [0.5, 0.6) is 0 Å². The first-order chi connectivity index (χ1) is 7.11. The fourth-order valence-electron chi connectivity index (χ4n) is 1.32. The van der Waals surface area contributed by atoms with Crippen LogP contribution in [-0.4, -0.2) is 17.6 Å². The Balaban J connectivity index is 2.38. The molecule has 0 saturated heterocycles. The molecular formula is C12H17NO2. The van der Waals surface area contributed by atoms with Gasteiger partial charge in [0.05, 0.1) is 5.92 Å². The van der Waals surface area contributed by atoms with Gasteiger partial charge in [-0.1, -0.05) is 25.1 Å². The standard InChI is InChI=1S/C12H17NO2/c1-9-5-3-4-6-11(9)13-8-7-10(2)12(14)15/h3-6,10,13H,7-8H2,1-2H3,(H,14,15). The molecular weight excluding hydrogens is 190 g/mol. The lowest BCUT2D eigenvalue weighted by atomic mass is 10.1. The van der Waals surface area contributed by atoms with Crippen molar-refractivity contribution >= 4 is 11.7 Å². The smallest absolute Gasteiger partial charge is 0.306 e. The van der Waals surface area contributed by atoms with E-state index in [4.69, 9.17) is 5.11 Å². The maximum atomic E-state index is 10.6. The topological polar surface area (TPSA) is 49.3 Å². The van der Waals surface area contributed by atoms with E-state index >= 15 is 0 Å². The molecule has 0 aliphatic heterocycles. The Kier molecular flexibility index (Phi) is 4.16. The van der Waals surface area contributed by atoms with Crippen molar-refractivity contribution in [2.45, 2.75) is 20.3 Å². The van der Waals surface area contributed by atoms with E-state index in [1.54, 1.807) is 6.92 Å². The van der Waals surface area contributed by atoms with Crippen LogP contribution in [0.1, 0.15) is 18.9 Å². The summed E-state index contributed by atoms with van der Waals surface area (Å²) in [5.41, 5.74) is 2.26. The van der Waals surface area contributed by atoms with E-state index in [0.717, 1.165) is 5.69 Å². The Morgan fingerprint density at radius 2 is 2.13 bits per heavy atom. The van der Waals surface area contributed by atoms with E-state index < -0.39 is 5.97 Å². The molecule has 0 bridgehead atoms. The lowest BCUT2D eigenvalue weighted by Crippen LogP contribution is -2.14. The molecule has 1 rings (SSSR count). The first-order valence-electron chi connectivity index (χ1n) is 5.13. The monoisotopic (exact) mass is 207 g/mol. The van der Waals surface area contributed by atoms with Gasteiger partial charge in [0.15, 0.2) is 0 Å². The van der Waals surface area contributed by atoms with Crippen LogP contribution in [0.15, 0.2) is 24.3 Å². The van der Waals surface area contributed by atoms with E-state index in [1.807, 2.05) is 31.2 Å². The third-order valence-corrected chi connectivity index (χ3v) is 2.46. The second-order valence-corrected chi connectivity index (χ2v) is 3.77. The maximum absolute atomic E-state index is 10.6. The summed E-state index contributed by atoms with van der Waals surface area (Å²) >= 11 is 0. The number of carboxylic acids is 1. The number of anilines is 1. The Hall–Kier alpha value is -1.51. The molecule has 0 aliphatic carbocycles. The summed E-state index contributed by atoms with van der Waals surface area (Å²) in [6, 6.07) is 7.99. The van der Waals surface area contributed by atoms with Gasteiger partial charge >= 0.3 is 5.97 Å². The molecule has 0 heterocycles. The van der Waals surface area contributed by atoms with Crippen molar-refractivity contribution in [2.75, 3.05) is 11.9 Å². The highest BCUT2D eigenvalue weighted by molar-refractivity contribution is 5.69. The Labute approximate surface area is 90.1 Å². The van der Waals surface area contributed by atoms with Crippen LogP contribution in [0.3, 0.4) is 0 Å². The summed E-state index contributed by atoms with van der Waals surface area (Å²) in [5, 5.41) is 11.9. The lowest BCUT2D eigenvalue weighted by Gasteiger charge is -2.10. The van der Waals surface area contributed by atoms with Gasteiger partial charge in [-0.05, 0) is 25.0 Å². The molecule has 3 nitrogen and oxygen atoms in total. The number of carbonyl (C=O) groups is 1. The van der Waals surface area contributed by atoms with Gasteiger partial charge in [-0.25, -0.2) is 0 Å². The van der Waals surface area contributed by atoms with Crippen LogP contribution in [0.2, 0.25) is 0 Å². The molecule has 1 aromatic rings. The number of para-hydroxylation sites is 1. The van der Waals surface area contributed by atoms with E-state index in [0.29, 0.717) is 13.0 Å². The average Bonchev–Trinajstić information content (AvgIpc) is 2.20. The Bertz CT molecular complexity index is 336. The number of rotatable bonds is 5. The SMILES string of the molecule is Cc1ccccc1NCCC(C)C(=O)O. The van der Waals surface area contributed by atoms with Gasteiger partial charge in [0.25, 0.3) is 0 Å². The summed E-state index contributed by atoms with van der Waals surface area (Å²) in [5.74, 6) is -1.02. The highest BCUT2D eigenvalue weighted by Gasteiger charge is 2.09. The van der Waals surface area contributed by atoms with Crippen molar-refractivity contribution in [3.05, 3.63) is 29.8 Å². The van der Waals surface area contributed by atoms with Gasteiger partial charge in [-0.3, -0.25) is 4.79 Å². The Morgan fingerprint density at radius 3 is 2.73 bits per heavy atom. The van der Waals surface area contributed by atoms with Crippen molar-refractivity contribution in [3.8, 4) is 0 Å². The molecule has 3 heteroatoms. The van der Waals surface area contributed by atoms with E-state index in [2.05, 4.69) is 5.32 Å². The second-order valence-electron chi connectivity index (χ2n) is 3.77. The van der Waals surface area contributed by atoms with Gasteiger partial charge in [0, 0.05) is 12.2 Å². The first kappa shape index (κ1) is 11.6. The minimum absolute atomic E-state index is 0.290. The number of carboxylic acid groups (broad SMARTS) is 1. The maximum Gasteiger partial charge on any atom is 0.306 e. The fraction of sp³-hybridized carbons (Fsp3) is 0.417. The Morgan fingerprint density at radius 1 is 1.47 bits per heavy atom. The summed E-state index contributed by atoms with van der Waals surface area (Å²) in [7, 11) is 0. The number of hydrogen-bond acceptors (Lipinski definition) is 2. The van der Waals surface area contributed by atoms with E-state index in [-0.39, 0.29) is 5.92 Å². The van der Waals surface area contributed by atoms with E-state index in [1.165, 1.54) is 5.56 Å². The number of benzene rings is 1. The van der Waals surface area contributed by atoms with Crippen LogP contribution in [0, 0.1) is 12.8 Å². The predicted molar refractivity (Wildman–Crippen MR) is 61.1 cm³/mol. The number of hydrogen-bond donors (Lipinski definition) is 2. The van der Waals surface area contributed by atoms with Gasteiger partial charge in [-0.15, -0.1) is 0 Å². The zero-order valence-electron chi connectivity index (χ0n) is 9.16. The van der Waals surface area contributed by atoms with Crippen LogP contribution >= 0.6 is 0 Å². The molecule has 0 saturated carbocycles. The van der Waals surface area contributed by atoms with Crippen molar-refractivity contribution < 1.29 is 9.90 Å². The zero-order chi connectivity index (χ0) is 11.3. The molecule has 0 spiro atoms. The van der Waals surface area contributed by atoms with Crippen molar-refractivity contribution in [1.82, 2.24) is 0 Å². The number of aryl methyl sites for hydroxylation is 1. The fourth-order valence-corrected chi connectivity index (χ4v) is 1.32. The molecule has 0 aliphatic rings. The summed E-state index contributed by atoms with van der Waals surface area (Å²) < 4.78 is 0. The molecule has 0 radical (unpaired) electrons. The van der Waals surface area contributed by atoms with Crippen LogP contribution in [-0.2, 0) is 4.79 Å². The summed E-state index contributed by atoms with van der Waals surface area (Å²) in [4.78, 5) is 10.6. The largest absolute Gasteiger partial charge is 0.481 e. The molecule has 1 aromatic carbocycles. The van der Waals surface area contributed by atoms with Gasteiger partial charge in [0.2, 0.25) is 0 Å². The van der Waals surface area contributed by atoms with Crippen molar-refractivity contribution in [1.29, 1.82) is 0 Å². The molecule has 0 amide bonds. The predicted octanol–water partition coefficient (Wildman–Crippen LogP) is 2.52. The summed E-state index contributed by atoms with van der Waals surface area (Å²) in [6.07, 6.45) is 0.643. The molecule has 0 fully saturated rings. The van der Waals surface area contributed by atoms with Gasteiger partial charge < -0.3 is 10.4 Å². The molecule has 2 N–H and O–H groups in total. The molecule has 15 heavy (non-hydrogen) atoms. The molecule has 0 aromatic heterocycles. The third kappa shape index (κ3) is 3.62. The van der Waals surface area contributed by atoms with Crippen molar-refractivity contribution in [3.63, 3.8) is 0 Å². The first-order valence-corrected chi connectivity index (χ1v) is 5.13. The van der Waals surface area contributed by atoms with Crippen LogP contribution in [0.4, 0.5) is 5.69 Å². The highest BCUT2D eigenvalue weighted by atomic mass is 16.4. The quantitative estimate of drug-likeness (QED) is 0.780. The summed E-state index contributed by atoms with van der Waals surface area (Å²) in [6.45, 7) is 4.45. The highest BCUT2D eigenvalue weighted by Crippen LogP contribution is 2.13. The normalized spacial score (nSPS) is 12.1. The van der Waals surface area contributed by atoms with Crippen LogP contribution < -0.4 is 5.32 Å². The van der Waals surface area contributed by atoms with Gasteiger partial charge in [-0.2, -0.15) is 0 Å². The van der Waals surface area contributed by atoms with Crippen molar-refractivity contribution in [2.24, 2.45) is 5.92 Å². The minimum atomic E-state index is -0.735. The molecule has 82 valence electrons. The minimum Gasteiger partial charge on any atom is -0.481 e. The number of aliphatic carboxylic acids is 1. The number of nitrogens with one attached hydrogen (secondary N) is 1.